The number of carbonyl (C=O) groups excluding carboxylic acids is 1. The molecule has 26 heavy (non-hydrogen) atoms. The summed E-state index contributed by atoms with van der Waals surface area (Å²) >= 11 is 2.15. The van der Waals surface area contributed by atoms with Crippen LogP contribution < -0.4 is 9.62 Å². The third-order valence-corrected chi connectivity index (χ3v) is 5.93. The minimum absolute atomic E-state index is 0.263. The first-order chi connectivity index (χ1) is 12.3. The molecular formula is C19H23IN2O3S. The Labute approximate surface area is 169 Å². The summed E-state index contributed by atoms with van der Waals surface area (Å²) in [7, 11) is -3.58. The van der Waals surface area contributed by atoms with Gasteiger partial charge < -0.3 is 5.32 Å². The van der Waals surface area contributed by atoms with Gasteiger partial charge in [-0.1, -0.05) is 32.0 Å². The molecule has 2 aromatic carbocycles. The lowest BCUT2D eigenvalue weighted by atomic mass is 10.0. The standard InChI is InChI=1S/C19H23IN2O3S/c1-4-14-7-6-8-15(5-2)19(14)21-18(23)13-22(26(3,24)25)17-11-9-16(20)10-12-17/h6-12H,4-5,13H2,1-3H3,(H,21,23). The third-order valence-electron chi connectivity index (χ3n) is 4.07. The first-order valence-electron chi connectivity index (χ1n) is 8.40. The summed E-state index contributed by atoms with van der Waals surface area (Å²) < 4.78 is 26.5. The average molecular weight is 486 g/mol. The number of benzene rings is 2. The second-order valence-electron chi connectivity index (χ2n) is 5.95. The van der Waals surface area contributed by atoms with Crippen LogP contribution in [0.5, 0.6) is 0 Å². The van der Waals surface area contributed by atoms with Crippen molar-refractivity contribution in [3.63, 3.8) is 0 Å². The highest BCUT2D eigenvalue weighted by atomic mass is 127. The molecule has 1 N–H and O–H groups in total. The molecule has 0 aliphatic rings. The van der Waals surface area contributed by atoms with E-state index in [4.69, 9.17) is 0 Å². The van der Waals surface area contributed by atoms with Crippen LogP contribution in [0.3, 0.4) is 0 Å². The van der Waals surface area contributed by atoms with Gasteiger partial charge in [-0.3, -0.25) is 9.10 Å². The fraction of sp³-hybridized carbons (Fsp3) is 0.316. The molecule has 0 bridgehead atoms. The van der Waals surface area contributed by atoms with E-state index in [1.54, 1.807) is 12.1 Å². The molecule has 0 heterocycles. The molecular weight excluding hydrogens is 463 g/mol. The van der Waals surface area contributed by atoms with E-state index in [1.165, 1.54) is 0 Å². The second-order valence-corrected chi connectivity index (χ2v) is 9.11. The molecule has 0 spiro atoms. The summed E-state index contributed by atoms with van der Waals surface area (Å²) in [6, 6.07) is 13.0. The summed E-state index contributed by atoms with van der Waals surface area (Å²) in [4.78, 5) is 12.6. The number of carbonyl (C=O) groups is 1. The van der Waals surface area contributed by atoms with Crippen LogP contribution in [0.15, 0.2) is 42.5 Å². The van der Waals surface area contributed by atoms with E-state index in [9.17, 15) is 13.2 Å². The van der Waals surface area contributed by atoms with Crippen molar-refractivity contribution in [1.82, 2.24) is 0 Å². The first-order valence-corrected chi connectivity index (χ1v) is 11.3. The molecule has 2 rings (SSSR count). The molecule has 0 unspecified atom stereocenters. The fourth-order valence-electron chi connectivity index (χ4n) is 2.72. The molecule has 0 aliphatic carbocycles. The number of amides is 1. The number of anilines is 2. The highest BCUT2D eigenvalue weighted by molar-refractivity contribution is 14.1. The molecule has 5 nitrogen and oxygen atoms in total. The predicted molar refractivity (Wildman–Crippen MR) is 115 cm³/mol. The molecule has 0 atom stereocenters. The molecule has 2 aromatic rings. The SMILES string of the molecule is CCc1cccc(CC)c1NC(=O)CN(c1ccc(I)cc1)S(C)(=O)=O. The maximum absolute atomic E-state index is 12.6. The van der Waals surface area contributed by atoms with Crippen LogP contribution in [0.4, 0.5) is 11.4 Å². The van der Waals surface area contributed by atoms with Gasteiger partial charge in [0.15, 0.2) is 0 Å². The number of halogens is 1. The van der Waals surface area contributed by atoms with Crippen LogP contribution in [0.2, 0.25) is 0 Å². The smallest absolute Gasteiger partial charge is 0.245 e. The van der Waals surface area contributed by atoms with Crippen molar-refractivity contribution < 1.29 is 13.2 Å². The van der Waals surface area contributed by atoms with Gasteiger partial charge in [0.2, 0.25) is 15.9 Å². The Morgan fingerprint density at radius 3 is 2.04 bits per heavy atom. The Balaban J connectivity index is 2.28. The predicted octanol–water partition coefficient (Wildman–Crippen LogP) is 3.82. The van der Waals surface area contributed by atoms with Crippen LogP contribution in [0, 0.1) is 3.57 Å². The lowest BCUT2D eigenvalue weighted by molar-refractivity contribution is -0.114. The van der Waals surface area contributed by atoms with Gasteiger partial charge in [-0.05, 0) is 70.8 Å². The minimum atomic E-state index is -3.58. The van der Waals surface area contributed by atoms with Crippen molar-refractivity contribution >= 4 is 49.9 Å². The van der Waals surface area contributed by atoms with Crippen LogP contribution in [0.25, 0.3) is 0 Å². The highest BCUT2D eigenvalue weighted by Crippen LogP contribution is 2.23. The number of sulfonamides is 1. The van der Waals surface area contributed by atoms with E-state index in [0.717, 1.165) is 43.8 Å². The van der Waals surface area contributed by atoms with Crippen molar-refractivity contribution in [2.24, 2.45) is 0 Å². The van der Waals surface area contributed by atoms with Crippen LogP contribution in [0.1, 0.15) is 25.0 Å². The van der Waals surface area contributed by atoms with Gasteiger partial charge >= 0.3 is 0 Å². The molecule has 1 amide bonds. The van der Waals surface area contributed by atoms with E-state index in [0.29, 0.717) is 5.69 Å². The Morgan fingerprint density at radius 1 is 1.04 bits per heavy atom. The molecule has 140 valence electrons. The van der Waals surface area contributed by atoms with Crippen molar-refractivity contribution in [3.8, 4) is 0 Å². The van der Waals surface area contributed by atoms with E-state index >= 15 is 0 Å². The monoisotopic (exact) mass is 486 g/mol. The summed E-state index contributed by atoms with van der Waals surface area (Å²) in [5.41, 5.74) is 3.34. The summed E-state index contributed by atoms with van der Waals surface area (Å²) in [5, 5.41) is 2.92. The van der Waals surface area contributed by atoms with E-state index in [2.05, 4.69) is 27.9 Å². The van der Waals surface area contributed by atoms with Gasteiger partial charge in [0, 0.05) is 9.26 Å². The number of rotatable bonds is 7. The van der Waals surface area contributed by atoms with Gasteiger partial charge in [0.25, 0.3) is 0 Å². The minimum Gasteiger partial charge on any atom is -0.324 e. The lowest BCUT2D eigenvalue weighted by Gasteiger charge is -2.23. The van der Waals surface area contributed by atoms with Gasteiger partial charge in [-0.15, -0.1) is 0 Å². The largest absolute Gasteiger partial charge is 0.324 e. The molecule has 0 saturated heterocycles. The van der Waals surface area contributed by atoms with Crippen LogP contribution >= 0.6 is 22.6 Å². The van der Waals surface area contributed by atoms with E-state index in [1.807, 2.05) is 44.2 Å². The Morgan fingerprint density at radius 2 is 1.58 bits per heavy atom. The molecule has 0 radical (unpaired) electrons. The lowest BCUT2D eigenvalue weighted by Crippen LogP contribution is -2.37. The van der Waals surface area contributed by atoms with E-state index in [-0.39, 0.29) is 12.5 Å². The quantitative estimate of drug-likeness (QED) is 0.606. The summed E-state index contributed by atoms with van der Waals surface area (Å²) in [6.07, 6.45) is 2.68. The molecule has 0 saturated carbocycles. The fourth-order valence-corrected chi connectivity index (χ4v) is 3.94. The molecule has 7 heteroatoms. The number of nitrogens with one attached hydrogen (secondary N) is 1. The molecule has 0 aliphatic heterocycles. The number of hydrogen-bond donors (Lipinski definition) is 1. The molecule has 0 aromatic heterocycles. The average Bonchev–Trinajstić information content (AvgIpc) is 2.60. The van der Waals surface area contributed by atoms with Gasteiger partial charge in [0.1, 0.15) is 6.54 Å². The maximum atomic E-state index is 12.6. The maximum Gasteiger partial charge on any atom is 0.245 e. The third kappa shape index (κ3) is 5.20. The van der Waals surface area contributed by atoms with Gasteiger partial charge in [0.05, 0.1) is 11.9 Å². The molecule has 0 fully saturated rings. The number of hydrogen-bond acceptors (Lipinski definition) is 3. The van der Waals surface area contributed by atoms with E-state index < -0.39 is 10.0 Å². The van der Waals surface area contributed by atoms with Crippen LogP contribution in [-0.2, 0) is 27.7 Å². The zero-order chi connectivity index (χ0) is 19.3. The van der Waals surface area contributed by atoms with Crippen LogP contribution in [-0.4, -0.2) is 27.1 Å². The number of nitrogens with zero attached hydrogens (tertiary/aromatic N) is 1. The highest BCUT2D eigenvalue weighted by Gasteiger charge is 2.21. The normalized spacial score (nSPS) is 11.2. The second kappa shape index (κ2) is 8.85. The Bertz CT molecular complexity index is 858. The number of para-hydroxylation sites is 1. The summed E-state index contributed by atoms with van der Waals surface area (Å²) in [5.74, 6) is -0.357. The summed E-state index contributed by atoms with van der Waals surface area (Å²) in [6.45, 7) is 3.79. The van der Waals surface area contributed by atoms with Gasteiger partial charge in [-0.25, -0.2) is 8.42 Å². The Hall–Kier alpha value is -1.61. The van der Waals surface area contributed by atoms with Crippen molar-refractivity contribution in [2.45, 2.75) is 26.7 Å². The number of aryl methyl sites for hydroxylation is 2. The zero-order valence-corrected chi connectivity index (χ0v) is 18.1. The topological polar surface area (TPSA) is 66.5 Å². The zero-order valence-electron chi connectivity index (χ0n) is 15.1. The van der Waals surface area contributed by atoms with Gasteiger partial charge in [-0.2, -0.15) is 0 Å². The first kappa shape index (κ1) is 20.7. The van der Waals surface area contributed by atoms with Crippen molar-refractivity contribution in [3.05, 3.63) is 57.2 Å². The van der Waals surface area contributed by atoms with Crippen molar-refractivity contribution in [1.29, 1.82) is 0 Å². The van der Waals surface area contributed by atoms with Crippen molar-refractivity contribution in [2.75, 3.05) is 22.4 Å². The Kier molecular flexibility index (Phi) is 7.05.